The van der Waals surface area contributed by atoms with E-state index in [0.717, 1.165) is 35.3 Å². The first-order valence-electron chi connectivity index (χ1n) is 9.58. The van der Waals surface area contributed by atoms with E-state index in [4.69, 9.17) is 9.47 Å². The molecule has 2 heterocycles. The minimum atomic E-state index is -0.273. The number of H-pyrrole nitrogens is 1. The molecule has 1 aliphatic rings. The number of benzene rings is 2. The number of hydrogen-bond acceptors (Lipinski definition) is 4. The van der Waals surface area contributed by atoms with E-state index in [2.05, 4.69) is 9.88 Å². The molecule has 0 bridgehead atoms. The Bertz CT molecular complexity index is 1030. The smallest absolute Gasteiger partial charge is 0.270 e. The largest absolute Gasteiger partial charge is 0.497 e. The Kier molecular flexibility index (Phi) is 5.40. The molecule has 1 aromatic heterocycles. The van der Waals surface area contributed by atoms with E-state index in [1.54, 1.807) is 20.3 Å². The monoisotopic (exact) mass is 397 g/mol. The summed E-state index contributed by atoms with van der Waals surface area (Å²) in [7, 11) is 3.21. The van der Waals surface area contributed by atoms with Crippen LogP contribution in [0.2, 0.25) is 0 Å². The summed E-state index contributed by atoms with van der Waals surface area (Å²) in [6, 6.07) is 12.1. The van der Waals surface area contributed by atoms with Crippen LogP contribution >= 0.6 is 0 Å². The van der Waals surface area contributed by atoms with E-state index in [0.29, 0.717) is 31.1 Å². The van der Waals surface area contributed by atoms with Gasteiger partial charge in [-0.2, -0.15) is 0 Å². The zero-order valence-corrected chi connectivity index (χ0v) is 16.6. The van der Waals surface area contributed by atoms with Gasteiger partial charge in [-0.1, -0.05) is 0 Å². The van der Waals surface area contributed by atoms with Gasteiger partial charge in [-0.3, -0.25) is 9.69 Å². The second-order valence-corrected chi connectivity index (χ2v) is 7.16. The third-order valence-electron chi connectivity index (χ3n) is 5.36. The Labute approximate surface area is 168 Å². The molecule has 1 aliphatic heterocycles. The highest BCUT2D eigenvalue weighted by atomic mass is 19.1. The van der Waals surface area contributed by atoms with Gasteiger partial charge in [0.05, 0.1) is 14.2 Å². The van der Waals surface area contributed by atoms with Gasteiger partial charge in [0.25, 0.3) is 5.91 Å². The van der Waals surface area contributed by atoms with E-state index in [1.165, 1.54) is 12.1 Å². The number of methoxy groups -OCH3 is 2. The second kappa shape index (κ2) is 8.13. The fraction of sp³-hybridized carbons (Fsp3) is 0.318. The van der Waals surface area contributed by atoms with Crippen molar-refractivity contribution in [1.29, 1.82) is 0 Å². The summed E-state index contributed by atoms with van der Waals surface area (Å²) in [4.78, 5) is 20.2. The Hall–Kier alpha value is -3.06. The van der Waals surface area contributed by atoms with Crippen LogP contribution in [0, 0.1) is 5.82 Å². The Morgan fingerprint density at radius 3 is 2.55 bits per heavy atom. The molecule has 7 heteroatoms. The highest BCUT2D eigenvalue weighted by Crippen LogP contribution is 2.24. The van der Waals surface area contributed by atoms with Gasteiger partial charge < -0.3 is 19.4 Å². The maximum atomic E-state index is 13.6. The van der Waals surface area contributed by atoms with Gasteiger partial charge in [0.2, 0.25) is 0 Å². The number of carbonyl (C=O) groups excluding carboxylic acids is 1. The normalized spacial score (nSPS) is 14.9. The lowest BCUT2D eigenvalue weighted by molar-refractivity contribution is 0.0622. The van der Waals surface area contributed by atoms with Crippen molar-refractivity contribution in [2.45, 2.75) is 6.54 Å². The third kappa shape index (κ3) is 4.05. The quantitative estimate of drug-likeness (QED) is 0.718. The van der Waals surface area contributed by atoms with Crippen molar-refractivity contribution in [2.75, 3.05) is 40.4 Å². The summed E-state index contributed by atoms with van der Waals surface area (Å²) in [5.41, 5.74) is 2.27. The highest BCUT2D eigenvalue weighted by molar-refractivity contribution is 5.98. The van der Waals surface area contributed by atoms with Gasteiger partial charge in [0.1, 0.15) is 23.0 Å². The number of nitrogens with one attached hydrogen (secondary N) is 1. The number of nitrogens with zero attached hydrogens (tertiary/aromatic N) is 2. The summed E-state index contributed by atoms with van der Waals surface area (Å²) >= 11 is 0. The van der Waals surface area contributed by atoms with Crippen molar-refractivity contribution in [3.05, 3.63) is 59.5 Å². The molecule has 6 nitrogen and oxygen atoms in total. The molecule has 2 aromatic carbocycles. The lowest BCUT2D eigenvalue weighted by atomic mass is 10.1. The average Bonchev–Trinajstić information content (AvgIpc) is 3.17. The predicted octanol–water partition coefficient (Wildman–Crippen LogP) is 3.28. The van der Waals surface area contributed by atoms with Crippen LogP contribution in [0.5, 0.6) is 11.5 Å². The van der Waals surface area contributed by atoms with Crippen LogP contribution in [0.3, 0.4) is 0 Å². The molecular formula is C22H24FN3O3. The molecule has 1 fully saturated rings. The molecule has 152 valence electrons. The highest BCUT2D eigenvalue weighted by Gasteiger charge is 2.24. The Balaban J connectivity index is 1.40. The van der Waals surface area contributed by atoms with E-state index in [9.17, 15) is 9.18 Å². The second-order valence-electron chi connectivity index (χ2n) is 7.16. The number of halogens is 1. The molecule has 0 spiro atoms. The molecule has 29 heavy (non-hydrogen) atoms. The molecule has 0 saturated carbocycles. The lowest BCUT2D eigenvalue weighted by Crippen LogP contribution is -2.48. The van der Waals surface area contributed by atoms with Gasteiger partial charge in [-0.15, -0.1) is 0 Å². The molecule has 1 N–H and O–H groups in total. The van der Waals surface area contributed by atoms with Gasteiger partial charge in [-0.25, -0.2) is 4.39 Å². The van der Waals surface area contributed by atoms with Crippen LogP contribution < -0.4 is 9.47 Å². The summed E-state index contributed by atoms with van der Waals surface area (Å²) in [5, 5.41) is 0.978. The number of ether oxygens (including phenoxy) is 2. The van der Waals surface area contributed by atoms with Gasteiger partial charge >= 0.3 is 0 Å². The summed E-state index contributed by atoms with van der Waals surface area (Å²) < 4.78 is 24.2. The van der Waals surface area contributed by atoms with E-state index in [1.807, 2.05) is 29.2 Å². The molecule has 1 amide bonds. The van der Waals surface area contributed by atoms with Crippen LogP contribution in [0.25, 0.3) is 10.9 Å². The van der Waals surface area contributed by atoms with Gasteiger partial charge in [0.15, 0.2) is 0 Å². The topological polar surface area (TPSA) is 57.8 Å². The number of carbonyl (C=O) groups is 1. The molecule has 1 saturated heterocycles. The fourth-order valence-electron chi connectivity index (χ4n) is 3.74. The van der Waals surface area contributed by atoms with Crippen LogP contribution in [-0.2, 0) is 6.54 Å². The standard InChI is InChI=1S/C22H24FN3O3/c1-28-18-5-3-15-12-20(24-19(15)13-18)22(27)26-9-7-25(8-10-26)14-16-11-17(23)4-6-21(16)29-2/h3-6,11-13,24H,7-10,14H2,1-2H3. The van der Waals surface area contributed by atoms with Crippen molar-refractivity contribution in [2.24, 2.45) is 0 Å². The number of fused-ring (bicyclic) bond motifs is 1. The summed E-state index contributed by atoms with van der Waals surface area (Å²) in [6.07, 6.45) is 0. The maximum absolute atomic E-state index is 13.6. The van der Waals surface area contributed by atoms with Crippen molar-refractivity contribution in [1.82, 2.24) is 14.8 Å². The molecular weight excluding hydrogens is 373 g/mol. The first-order valence-corrected chi connectivity index (χ1v) is 9.58. The fourth-order valence-corrected chi connectivity index (χ4v) is 3.74. The van der Waals surface area contributed by atoms with Gasteiger partial charge in [-0.05, 0) is 36.4 Å². The number of hydrogen-bond donors (Lipinski definition) is 1. The first-order chi connectivity index (χ1) is 14.1. The molecule has 0 atom stereocenters. The number of aromatic amines is 1. The molecule has 4 rings (SSSR count). The number of aromatic nitrogens is 1. The number of rotatable bonds is 5. The van der Waals surface area contributed by atoms with Crippen LogP contribution in [0.1, 0.15) is 16.1 Å². The summed E-state index contributed by atoms with van der Waals surface area (Å²) in [5.74, 6) is 1.14. The molecule has 0 unspecified atom stereocenters. The Morgan fingerprint density at radius 1 is 1.03 bits per heavy atom. The summed E-state index contributed by atoms with van der Waals surface area (Å²) in [6.45, 7) is 3.28. The predicted molar refractivity (Wildman–Crippen MR) is 109 cm³/mol. The van der Waals surface area contributed by atoms with E-state index < -0.39 is 0 Å². The zero-order valence-electron chi connectivity index (χ0n) is 16.6. The van der Waals surface area contributed by atoms with Crippen LogP contribution in [0.4, 0.5) is 4.39 Å². The van der Waals surface area contributed by atoms with Crippen molar-refractivity contribution in [3.8, 4) is 11.5 Å². The lowest BCUT2D eigenvalue weighted by Gasteiger charge is -2.34. The number of amides is 1. The first kappa shape index (κ1) is 19.3. The van der Waals surface area contributed by atoms with Crippen LogP contribution in [-0.4, -0.2) is 61.1 Å². The van der Waals surface area contributed by atoms with Gasteiger partial charge in [0, 0.05) is 55.3 Å². The maximum Gasteiger partial charge on any atom is 0.270 e. The third-order valence-corrected chi connectivity index (χ3v) is 5.36. The minimum absolute atomic E-state index is 0.0110. The SMILES string of the molecule is COc1ccc2cc(C(=O)N3CCN(Cc4cc(F)ccc4OC)CC3)[nH]c2c1. The Morgan fingerprint density at radius 2 is 1.83 bits per heavy atom. The van der Waals surface area contributed by atoms with Crippen LogP contribution in [0.15, 0.2) is 42.5 Å². The average molecular weight is 397 g/mol. The molecule has 0 aliphatic carbocycles. The minimum Gasteiger partial charge on any atom is -0.497 e. The van der Waals surface area contributed by atoms with E-state index in [-0.39, 0.29) is 11.7 Å². The molecule has 3 aromatic rings. The van der Waals surface area contributed by atoms with E-state index >= 15 is 0 Å². The molecule has 0 radical (unpaired) electrons. The van der Waals surface area contributed by atoms with Crippen molar-refractivity contribution in [3.63, 3.8) is 0 Å². The van der Waals surface area contributed by atoms with Crippen molar-refractivity contribution < 1.29 is 18.7 Å². The zero-order chi connectivity index (χ0) is 20.4. The van der Waals surface area contributed by atoms with Crippen molar-refractivity contribution >= 4 is 16.8 Å². The number of piperazine rings is 1.